The van der Waals surface area contributed by atoms with Crippen LogP contribution in [0.4, 0.5) is 0 Å². The lowest BCUT2D eigenvalue weighted by molar-refractivity contribution is 0.0525. The number of piperidine rings is 1. The molecule has 0 spiro atoms. The number of hydrogen-bond acceptors (Lipinski definition) is 7. The molecule has 3 heterocycles. The van der Waals surface area contributed by atoms with Gasteiger partial charge in [0.05, 0.1) is 13.7 Å². The Morgan fingerprint density at radius 3 is 3.04 bits per heavy atom. The maximum atomic E-state index is 12.8. The van der Waals surface area contributed by atoms with Crippen molar-refractivity contribution in [3.8, 4) is 23.4 Å². The summed E-state index contributed by atoms with van der Waals surface area (Å²) in [6.45, 7) is 1.38. The lowest BCUT2D eigenvalue weighted by Crippen LogP contribution is -2.44. The van der Waals surface area contributed by atoms with Crippen LogP contribution in [0.15, 0.2) is 30.5 Å². The zero-order chi connectivity index (χ0) is 17.9. The number of carbonyl (C=O) groups excluding carboxylic acids is 1. The van der Waals surface area contributed by atoms with Crippen LogP contribution in [0.3, 0.4) is 0 Å². The Hall–Kier alpha value is -3.03. The summed E-state index contributed by atoms with van der Waals surface area (Å²) in [6, 6.07) is 7.19. The molecule has 8 nitrogen and oxygen atoms in total. The minimum absolute atomic E-state index is 0.0446. The maximum absolute atomic E-state index is 12.8. The first-order valence-corrected chi connectivity index (χ1v) is 8.45. The molecule has 8 heteroatoms. The van der Waals surface area contributed by atoms with Gasteiger partial charge in [-0.05, 0) is 31.0 Å². The predicted octanol–water partition coefficient (Wildman–Crippen LogP) is 1.90. The third-order valence-corrected chi connectivity index (χ3v) is 4.36. The van der Waals surface area contributed by atoms with Crippen molar-refractivity contribution in [2.75, 3.05) is 27.0 Å². The van der Waals surface area contributed by atoms with Gasteiger partial charge in [-0.3, -0.25) is 4.79 Å². The van der Waals surface area contributed by atoms with Gasteiger partial charge in [0.15, 0.2) is 11.5 Å². The molecular formula is C18H19N3O5. The zero-order valence-electron chi connectivity index (χ0n) is 14.4. The number of amides is 1. The molecule has 1 unspecified atom stereocenters. The number of carbonyl (C=O) groups is 1. The van der Waals surface area contributed by atoms with Crippen molar-refractivity contribution in [2.24, 2.45) is 0 Å². The summed E-state index contributed by atoms with van der Waals surface area (Å²) in [7, 11) is 1.51. The van der Waals surface area contributed by atoms with Gasteiger partial charge in [-0.1, -0.05) is 0 Å². The maximum Gasteiger partial charge on any atom is 0.319 e. The molecule has 0 bridgehead atoms. The lowest BCUT2D eigenvalue weighted by atomic mass is 10.1. The zero-order valence-corrected chi connectivity index (χ0v) is 14.4. The average molecular weight is 357 g/mol. The van der Waals surface area contributed by atoms with Gasteiger partial charge < -0.3 is 23.8 Å². The van der Waals surface area contributed by atoms with Crippen molar-refractivity contribution in [3.05, 3.63) is 36.0 Å². The van der Waals surface area contributed by atoms with Crippen LogP contribution in [0, 0.1) is 0 Å². The third kappa shape index (κ3) is 3.35. The van der Waals surface area contributed by atoms with Gasteiger partial charge in [-0.2, -0.15) is 4.98 Å². The van der Waals surface area contributed by atoms with Gasteiger partial charge in [0.25, 0.3) is 5.91 Å². The topological polar surface area (TPSA) is 83.0 Å². The highest BCUT2D eigenvalue weighted by Crippen LogP contribution is 2.33. The Morgan fingerprint density at radius 2 is 2.15 bits per heavy atom. The number of rotatable bonds is 4. The highest BCUT2D eigenvalue weighted by Gasteiger charge is 2.27. The van der Waals surface area contributed by atoms with E-state index in [2.05, 4.69) is 9.97 Å². The highest BCUT2D eigenvalue weighted by atomic mass is 16.7. The number of methoxy groups -OCH3 is 1. The number of nitrogens with zero attached hydrogens (tertiary/aromatic N) is 3. The van der Waals surface area contributed by atoms with E-state index in [-0.39, 0.29) is 24.8 Å². The van der Waals surface area contributed by atoms with Crippen molar-refractivity contribution in [1.82, 2.24) is 14.9 Å². The standard InChI is InChI=1S/C18H19N3O5/c1-23-18-19-7-6-16(20-18)26-13-3-2-8-21(10-13)17(22)12-4-5-14-15(9-12)25-11-24-14/h4-7,9,13H,2-3,8,10-11H2,1H3. The second-order valence-electron chi connectivity index (χ2n) is 6.08. The first-order chi connectivity index (χ1) is 12.7. The van der Waals surface area contributed by atoms with E-state index in [0.717, 1.165) is 12.8 Å². The number of ether oxygens (including phenoxy) is 4. The normalized spacial score (nSPS) is 18.5. The van der Waals surface area contributed by atoms with Gasteiger partial charge in [-0.15, -0.1) is 0 Å². The van der Waals surface area contributed by atoms with E-state index >= 15 is 0 Å². The molecule has 1 atom stereocenters. The Balaban J connectivity index is 1.43. The molecule has 1 fully saturated rings. The van der Waals surface area contributed by atoms with E-state index in [1.54, 1.807) is 35.4 Å². The van der Waals surface area contributed by atoms with Gasteiger partial charge >= 0.3 is 6.01 Å². The summed E-state index contributed by atoms with van der Waals surface area (Å²) in [4.78, 5) is 22.7. The third-order valence-electron chi connectivity index (χ3n) is 4.36. The number of likely N-dealkylation sites (tertiary alicyclic amines) is 1. The summed E-state index contributed by atoms with van der Waals surface area (Å²) in [5.74, 6) is 1.67. The van der Waals surface area contributed by atoms with Gasteiger partial charge in [0.1, 0.15) is 6.10 Å². The molecule has 1 saturated heterocycles. The summed E-state index contributed by atoms with van der Waals surface area (Å²) in [5.41, 5.74) is 0.582. The highest BCUT2D eigenvalue weighted by molar-refractivity contribution is 5.95. The van der Waals surface area contributed by atoms with E-state index in [9.17, 15) is 4.79 Å². The fraction of sp³-hybridized carbons (Fsp3) is 0.389. The quantitative estimate of drug-likeness (QED) is 0.826. The van der Waals surface area contributed by atoms with Crippen LogP contribution in [-0.4, -0.2) is 53.9 Å². The lowest BCUT2D eigenvalue weighted by Gasteiger charge is -2.32. The van der Waals surface area contributed by atoms with Crippen LogP contribution in [0.5, 0.6) is 23.4 Å². The number of fused-ring (bicyclic) bond motifs is 1. The SMILES string of the molecule is COc1nccc(OC2CCCN(C(=O)c3ccc4c(c3)OCO4)C2)n1. The van der Waals surface area contributed by atoms with Crippen LogP contribution in [0.25, 0.3) is 0 Å². The number of hydrogen-bond donors (Lipinski definition) is 0. The van der Waals surface area contributed by atoms with Gasteiger partial charge in [-0.25, -0.2) is 4.98 Å². The molecule has 2 aliphatic rings. The van der Waals surface area contributed by atoms with Crippen molar-refractivity contribution in [3.63, 3.8) is 0 Å². The summed E-state index contributed by atoms with van der Waals surface area (Å²) in [6.07, 6.45) is 3.18. The van der Waals surface area contributed by atoms with E-state index in [1.807, 2.05) is 0 Å². The molecule has 1 aromatic carbocycles. The molecule has 1 aromatic heterocycles. The summed E-state index contributed by atoms with van der Waals surface area (Å²) >= 11 is 0. The van der Waals surface area contributed by atoms with Crippen molar-refractivity contribution >= 4 is 5.91 Å². The second-order valence-corrected chi connectivity index (χ2v) is 6.08. The molecule has 1 amide bonds. The van der Waals surface area contributed by atoms with Crippen molar-refractivity contribution in [2.45, 2.75) is 18.9 Å². The number of benzene rings is 1. The molecule has 0 radical (unpaired) electrons. The smallest absolute Gasteiger partial charge is 0.319 e. The van der Waals surface area contributed by atoms with E-state index in [0.29, 0.717) is 36.0 Å². The van der Waals surface area contributed by atoms with Crippen LogP contribution in [0.1, 0.15) is 23.2 Å². The summed E-state index contributed by atoms with van der Waals surface area (Å²) in [5, 5.41) is 0. The van der Waals surface area contributed by atoms with Gasteiger partial charge in [0, 0.05) is 24.4 Å². The van der Waals surface area contributed by atoms with E-state index in [4.69, 9.17) is 18.9 Å². The molecule has 0 aliphatic carbocycles. The average Bonchev–Trinajstić information content (AvgIpc) is 3.15. The number of aromatic nitrogens is 2. The van der Waals surface area contributed by atoms with Crippen LogP contribution in [0.2, 0.25) is 0 Å². The molecule has 4 rings (SSSR count). The minimum atomic E-state index is -0.124. The molecular weight excluding hydrogens is 338 g/mol. The molecule has 2 aromatic rings. The largest absolute Gasteiger partial charge is 0.472 e. The predicted molar refractivity (Wildman–Crippen MR) is 90.7 cm³/mol. The first kappa shape index (κ1) is 16.4. The van der Waals surface area contributed by atoms with Crippen LogP contribution in [-0.2, 0) is 0 Å². The molecule has 2 aliphatic heterocycles. The van der Waals surface area contributed by atoms with E-state index < -0.39 is 0 Å². The molecule has 26 heavy (non-hydrogen) atoms. The van der Waals surface area contributed by atoms with Crippen molar-refractivity contribution < 1.29 is 23.7 Å². The van der Waals surface area contributed by atoms with Crippen LogP contribution < -0.4 is 18.9 Å². The monoisotopic (exact) mass is 357 g/mol. The Kier molecular flexibility index (Phi) is 4.47. The Morgan fingerprint density at radius 1 is 1.27 bits per heavy atom. The fourth-order valence-corrected chi connectivity index (χ4v) is 3.09. The Bertz CT molecular complexity index is 813. The first-order valence-electron chi connectivity index (χ1n) is 8.45. The molecule has 136 valence electrons. The van der Waals surface area contributed by atoms with Crippen LogP contribution >= 0.6 is 0 Å². The molecule has 0 saturated carbocycles. The fourth-order valence-electron chi connectivity index (χ4n) is 3.09. The van der Waals surface area contributed by atoms with E-state index in [1.165, 1.54) is 7.11 Å². The summed E-state index contributed by atoms with van der Waals surface area (Å²) < 4.78 is 21.6. The Labute approximate surface area is 150 Å². The van der Waals surface area contributed by atoms with Gasteiger partial charge in [0.2, 0.25) is 12.7 Å². The minimum Gasteiger partial charge on any atom is -0.472 e. The molecule has 0 N–H and O–H groups in total. The second kappa shape index (κ2) is 7.07. The van der Waals surface area contributed by atoms with Crippen molar-refractivity contribution in [1.29, 1.82) is 0 Å².